The van der Waals surface area contributed by atoms with Gasteiger partial charge in [0.15, 0.2) is 0 Å². The molecule has 0 unspecified atom stereocenters. The number of H-pyrrole nitrogens is 1. The molecule has 0 spiro atoms. The Labute approximate surface area is 178 Å². The summed E-state index contributed by atoms with van der Waals surface area (Å²) >= 11 is 0. The summed E-state index contributed by atoms with van der Waals surface area (Å²) < 4.78 is 11.4. The van der Waals surface area contributed by atoms with Crippen LogP contribution in [-0.2, 0) is 13.0 Å². The van der Waals surface area contributed by atoms with Gasteiger partial charge in [-0.3, -0.25) is 4.90 Å². The molecule has 4 aromatic rings. The number of hydrogen-bond acceptors (Lipinski definition) is 3. The smallest absolute Gasteiger partial charge is 0.127 e. The molecule has 0 aliphatic heterocycles. The molecule has 0 saturated carbocycles. The predicted octanol–water partition coefficient (Wildman–Crippen LogP) is 6.03. The molecule has 1 aromatic heterocycles. The summed E-state index contributed by atoms with van der Waals surface area (Å²) in [5, 5.41) is 1.24. The lowest BCUT2D eigenvalue weighted by atomic mass is 10.1. The van der Waals surface area contributed by atoms with E-state index in [2.05, 4.69) is 53.3 Å². The van der Waals surface area contributed by atoms with Gasteiger partial charge >= 0.3 is 0 Å². The number of hydrogen-bond donors (Lipinski definition) is 1. The minimum atomic E-state index is 0.858. The number of fused-ring (bicyclic) bond motifs is 1. The van der Waals surface area contributed by atoms with Crippen LogP contribution >= 0.6 is 0 Å². The first-order valence-corrected chi connectivity index (χ1v) is 10.4. The summed E-state index contributed by atoms with van der Waals surface area (Å²) in [7, 11) is 1.71. The molecule has 154 valence electrons. The Morgan fingerprint density at radius 3 is 2.50 bits per heavy atom. The predicted molar refractivity (Wildman–Crippen MR) is 122 cm³/mol. The average Bonchev–Trinajstić information content (AvgIpc) is 3.19. The van der Waals surface area contributed by atoms with Crippen molar-refractivity contribution in [3.05, 3.63) is 90.1 Å². The topological polar surface area (TPSA) is 37.5 Å². The second kappa shape index (κ2) is 9.51. The molecule has 0 fully saturated rings. The first-order valence-electron chi connectivity index (χ1n) is 10.4. The van der Waals surface area contributed by atoms with Crippen molar-refractivity contribution in [3.63, 3.8) is 0 Å². The van der Waals surface area contributed by atoms with Crippen molar-refractivity contribution in [1.82, 2.24) is 9.88 Å². The van der Waals surface area contributed by atoms with E-state index in [9.17, 15) is 0 Å². The molecule has 0 aliphatic carbocycles. The van der Waals surface area contributed by atoms with Crippen molar-refractivity contribution < 1.29 is 9.47 Å². The summed E-state index contributed by atoms with van der Waals surface area (Å²) in [4.78, 5) is 5.83. The molecule has 4 rings (SSSR count). The standard InChI is InChI=1S/C26H28N2O2/c1-3-28(15-14-21-18-27-26-13-12-23(29-2)17-25(21)26)19-20-8-7-11-24(16-20)30-22-9-5-4-6-10-22/h4-13,16-18,27H,3,14-15,19H2,1-2H3. The number of methoxy groups -OCH3 is 1. The number of ether oxygens (including phenoxy) is 2. The Balaban J connectivity index is 1.41. The lowest BCUT2D eigenvalue weighted by Crippen LogP contribution is -2.25. The third kappa shape index (κ3) is 4.84. The van der Waals surface area contributed by atoms with E-state index in [1.54, 1.807) is 7.11 Å². The fourth-order valence-electron chi connectivity index (χ4n) is 3.71. The molecule has 4 heteroatoms. The highest BCUT2D eigenvalue weighted by atomic mass is 16.5. The fourth-order valence-corrected chi connectivity index (χ4v) is 3.71. The van der Waals surface area contributed by atoms with Gasteiger partial charge in [-0.05, 0) is 66.6 Å². The van der Waals surface area contributed by atoms with Gasteiger partial charge in [-0.15, -0.1) is 0 Å². The Kier molecular flexibility index (Phi) is 6.35. The highest BCUT2D eigenvalue weighted by molar-refractivity contribution is 5.84. The highest BCUT2D eigenvalue weighted by Crippen LogP contribution is 2.25. The molecule has 1 N–H and O–H groups in total. The summed E-state index contributed by atoms with van der Waals surface area (Å²) in [6, 6.07) is 24.5. The number of nitrogens with zero attached hydrogens (tertiary/aromatic N) is 1. The van der Waals surface area contributed by atoms with Crippen LogP contribution in [0.2, 0.25) is 0 Å². The monoisotopic (exact) mass is 400 g/mol. The molecule has 3 aromatic carbocycles. The van der Waals surface area contributed by atoms with E-state index in [0.29, 0.717) is 0 Å². The summed E-state index contributed by atoms with van der Waals surface area (Å²) in [5.74, 6) is 2.63. The SMILES string of the molecule is CCN(CCc1c[nH]c2ccc(OC)cc12)Cc1cccc(Oc2ccccc2)c1. The van der Waals surface area contributed by atoms with Gasteiger partial charge in [-0.2, -0.15) is 0 Å². The maximum absolute atomic E-state index is 5.99. The van der Waals surface area contributed by atoms with Crippen molar-refractivity contribution in [3.8, 4) is 17.2 Å². The number of para-hydroxylation sites is 1. The minimum absolute atomic E-state index is 0.858. The van der Waals surface area contributed by atoms with Crippen LogP contribution in [0.3, 0.4) is 0 Å². The van der Waals surface area contributed by atoms with Crippen LogP contribution in [0, 0.1) is 0 Å². The van der Waals surface area contributed by atoms with Crippen LogP contribution in [0.15, 0.2) is 79.0 Å². The zero-order chi connectivity index (χ0) is 20.8. The lowest BCUT2D eigenvalue weighted by molar-refractivity contribution is 0.283. The molecule has 0 saturated heterocycles. The highest BCUT2D eigenvalue weighted by Gasteiger charge is 2.09. The number of rotatable bonds is 9. The van der Waals surface area contributed by atoms with Crippen molar-refractivity contribution in [2.75, 3.05) is 20.2 Å². The summed E-state index contributed by atoms with van der Waals surface area (Å²) in [6.45, 7) is 5.09. The molecule has 4 nitrogen and oxygen atoms in total. The van der Waals surface area contributed by atoms with Gasteiger partial charge in [0.25, 0.3) is 0 Å². The van der Waals surface area contributed by atoms with E-state index in [4.69, 9.17) is 9.47 Å². The lowest BCUT2D eigenvalue weighted by Gasteiger charge is -2.20. The summed E-state index contributed by atoms with van der Waals surface area (Å²) in [5.41, 5.74) is 3.73. The minimum Gasteiger partial charge on any atom is -0.497 e. The Bertz CT molecular complexity index is 1090. The third-order valence-corrected chi connectivity index (χ3v) is 5.40. The van der Waals surface area contributed by atoms with Crippen molar-refractivity contribution in [2.24, 2.45) is 0 Å². The third-order valence-electron chi connectivity index (χ3n) is 5.40. The zero-order valence-corrected chi connectivity index (χ0v) is 17.6. The van der Waals surface area contributed by atoms with E-state index >= 15 is 0 Å². The van der Waals surface area contributed by atoms with Gasteiger partial charge in [0.2, 0.25) is 0 Å². The van der Waals surface area contributed by atoms with Gasteiger partial charge in [-0.25, -0.2) is 0 Å². The molecule has 0 amide bonds. The van der Waals surface area contributed by atoms with E-state index in [1.807, 2.05) is 42.5 Å². The van der Waals surface area contributed by atoms with Gasteiger partial charge in [0.05, 0.1) is 7.11 Å². The normalized spacial score (nSPS) is 11.2. The molecule has 0 aliphatic rings. The number of likely N-dealkylation sites (N-methyl/N-ethyl adjacent to an activating group) is 1. The van der Waals surface area contributed by atoms with Crippen LogP contribution in [0.4, 0.5) is 0 Å². The molecular weight excluding hydrogens is 372 g/mol. The molecule has 0 bridgehead atoms. The number of aromatic amines is 1. The van der Waals surface area contributed by atoms with Crippen LogP contribution < -0.4 is 9.47 Å². The first-order chi connectivity index (χ1) is 14.7. The molecule has 0 radical (unpaired) electrons. The van der Waals surface area contributed by atoms with Crippen LogP contribution in [0.5, 0.6) is 17.2 Å². The van der Waals surface area contributed by atoms with Crippen molar-refractivity contribution in [2.45, 2.75) is 19.9 Å². The van der Waals surface area contributed by atoms with Crippen LogP contribution in [-0.4, -0.2) is 30.1 Å². The maximum atomic E-state index is 5.99. The average molecular weight is 401 g/mol. The van der Waals surface area contributed by atoms with E-state index in [-0.39, 0.29) is 0 Å². The number of nitrogens with one attached hydrogen (secondary N) is 1. The van der Waals surface area contributed by atoms with Crippen LogP contribution in [0.1, 0.15) is 18.1 Å². The van der Waals surface area contributed by atoms with Gasteiger partial charge in [0.1, 0.15) is 17.2 Å². The molecule has 1 heterocycles. The Morgan fingerprint density at radius 2 is 1.70 bits per heavy atom. The number of benzene rings is 3. The van der Waals surface area contributed by atoms with E-state index in [1.165, 1.54) is 16.5 Å². The zero-order valence-electron chi connectivity index (χ0n) is 17.6. The second-order valence-electron chi connectivity index (χ2n) is 7.41. The Hall–Kier alpha value is -3.24. The van der Waals surface area contributed by atoms with Crippen molar-refractivity contribution in [1.29, 1.82) is 0 Å². The Morgan fingerprint density at radius 1 is 0.867 bits per heavy atom. The van der Waals surface area contributed by atoms with Crippen LogP contribution in [0.25, 0.3) is 10.9 Å². The van der Waals surface area contributed by atoms with E-state index < -0.39 is 0 Å². The fraction of sp³-hybridized carbons (Fsp3) is 0.231. The maximum Gasteiger partial charge on any atom is 0.127 e. The quantitative estimate of drug-likeness (QED) is 0.372. The molecule has 30 heavy (non-hydrogen) atoms. The first kappa shape index (κ1) is 20.0. The largest absolute Gasteiger partial charge is 0.497 e. The summed E-state index contributed by atoms with van der Waals surface area (Å²) in [6.07, 6.45) is 3.10. The van der Waals surface area contributed by atoms with E-state index in [0.717, 1.165) is 48.8 Å². The van der Waals surface area contributed by atoms with Crippen molar-refractivity contribution >= 4 is 10.9 Å². The second-order valence-corrected chi connectivity index (χ2v) is 7.41. The molecule has 0 atom stereocenters. The van der Waals surface area contributed by atoms with Gasteiger partial charge in [0, 0.05) is 30.2 Å². The van der Waals surface area contributed by atoms with Gasteiger partial charge in [-0.1, -0.05) is 37.3 Å². The van der Waals surface area contributed by atoms with Gasteiger partial charge < -0.3 is 14.5 Å². The molecular formula is C26H28N2O2. The number of aromatic nitrogens is 1.